The van der Waals surface area contributed by atoms with E-state index in [9.17, 15) is 5.26 Å². The molecule has 62 heavy (non-hydrogen) atoms. The molecule has 2 heterocycles. The van der Waals surface area contributed by atoms with Gasteiger partial charge in [-0.2, -0.15) is 5.26 Å². The van der Waals surface area contributed by atoms with Gasteiger partial charge in [0, 0.05) is 33.4 Å². The van der Waals surface area contributed by atoms with E-state index in [-0.39, 0.29) is 0 Å². The first kappa shape index (κ1) is 37.6. The van der Waals surface area contributed by atoms with Gasteiger partial charge in [-0.15, -0.1) is 0 Å². The summed E-state index contributed by atoms with van der Waals surface area (Å²) in [6, 6.07) is 75.7. The summed E-state index contributed by atoms with van der Waals surface area (Å²) >= 11 is 0. The average Bonchev–Trinajstić information content (AvgIpc) is 3.37. The van der Waals surface area contributed by atoms with Gasteiger partial charge in [0.1, 0.15) is 0 Å². The molecular weight excluding hydrogens is 757 g/mol. The highest BCUT2D eigenvalue weighted by Crippen LogP contribution is 2.38. The summed E-state index contributed by atoms with van der Waals surface area (Å²) in [6.45, 7) is 0. The first-order valence-electron chi connectivity index (χ1n) is 20.4. The standard InChI is InChI=1S/C56H36N6/c57-37-45-24-10-11-29-46(45)41-25-17-28-44(35-41)54-60-53(40-22-8-3-9-23-40)61-56(62-54)50-33-15-13-31-48(50)43-27-16-26-42(34-43)47-30-12-14-32-49(47)55-58-51(38-18-4-1-5-19-38)36-52(59-55)39-20-6-2-7-21-39/h1-36H. The second-order valence-electron chi connectivity index (χ2n) is 14.8. The Bertz CT molecular complexity index is 3190. The van der Waals surface area contributed by atoms with Gasteiger partial charge in [0.05, 0.1) is 23.0 Å². The van der Waals surface area contributed by atoms with Gasteiger partial charge in [0.25, 0.3) is 0 Å². The lowest BCUT2D eigenvalue weighted by Crippen LogP contribution is -2.01. The van der Waals surface area contributed by atoms with Crippen LogP contribution in [0.2, 0.25) is 0 Å². The van der Waals surface area contributed by atoms with Gasteiger partial charge in [-0.3, -0.25) is 0 Å². The van der Waals surface area contributed by atoms with Crippen LogP contribution < -0.4 is 0 Å². The van der Waals surface area contributed by atoms with E-state index >= 15 is 0 Å². The van der Waals surface area contributed by atoms with Gasteiger partial charge in [-0.25, -0.2) is 24.9 Å². The van der Waals surface area contributed by atoms with Crippen molar-refractivity contribution in [2.24, 2.45) is 0 Å². The van der Waals surface area contributed by atoms with E-state index in [4.69, 9.17) is 24.9 Å². The molecule has 0 saturated carbocycles. The molecule has 0 bridgehead atoms. The Morgan fingerprint density at radius 3 is 1.15 bits per heavy atom. The molecule has 2 aromatic heterocycles. The lowest BCUT2D eigenvalue weighted by molar-refractivity contribution is 1.07. The van der Waals surface area contributed by atoms with Crippen molar-refractivity contribution in [3.63, 3.8) is 0 Å². The van der Waals surface area contributed by atoms with Crippen LogP contribution in [0.3, 0.4) is 0 Å². The maximum Gasteiger partial charge on any atom is 0.164 e. The van der Waals surface area contributed by atoms with Crippen molar-refractivity contribution in [1.82, 2.24) is 24.9 Å². The molecule has 10 aromatic rings. The van der Waals surface area contributed by atoms with Crippen molar-refractivity contribution in [3.05, 3.63) is 224 Å². The maximum absolute atomic E-state index is 9.87. The van der Waals surface area contributed by atoms with Crippen LogP contribution in [-0.4, -0.2) is 24.9 Å². The highest BCUT2D eigenvalue weighted by molar-refractivity contribution is 5.88. The SMILES string of the molecule is N#Cc1ccccc1-c1cccc(-c2nc(-c3ccccc3)nc(-c3ccccc3-c3cccc(-c4ccccc4-c4nc(-c5ccccc5)cc(-c5ccccc5)n4)c3)n2)c1. The molecule has 0 radical (unpaired) electrons. The van der Waals surface area contributed by atoms with Crippen LogP contribution in [0.5, 0.6) is 0 Å². The molecule has 6 heteroatoms. The molecule has 290 valence electrons. The molecule has 0 spiro atoms. The lowest BCUT2D eigenvalue weighted by Gasteiger charge is -2.15. The Morgan fingerprint density at radius 1 is 0.258 bits per heavy atom. The van der Waals surface area contributed by atoms with Gasteiger partial charge in [-0.05, 0) is 57.6 Å². The van der Waals surface area contributed by atoms with Crippen molar-refractivity contribution in [3.8, 4) is 108 Å². The Labute approximate surface area is 360 Å². The molecule has 8 aromatic carbocycles. The van der Waals surface area contributed by atoms with Gasteiger partial charge >= 0.3 is 0 Å². The van der Waals surface area contributed by atoms with Crippen LogP contribution in [-0.2, 0) is 0 Å². The molecule has 0 fully saturated rings. The summed E-state index contributed by atoms with van der Waals surface area (Å²) in [6.07, 6.45) is 0. The van der Waals surface area contributed by atoms with Crippen LogP contribution in [0, 0.1) is 11.3 Å². The Kier molecular flexibility index (Phi) is 10.3. The zero-order chi connectivity index (χ0) is 41.7. The van der Waals surface area contributed by atoms with E-state index in [0.29, 0.717) is 28.9 Å². The number of rotatable bonds is 9. The van der Waals surface area contributed by atoms with E-state index in [1.165, 1.54) is 0 Å². The topological polar surface area (TPSA) is 88.2 Å². The predicted octanol–water partition coefficient (Wildman–Crippen LogP) is 13.5. The molecule has 0 aliphatic heterocycles. The molecule has 0 N–H and O–H groups in total. The summed E-state index contributed by atoms with van der Waals surface area (Å²) in [7, 11) is 0. The first-order valence-corrected chi connectivity index (χ1v) is 20.4. The van der Waals surface area contributed by atoms with Crippen LogP contribution in [0.25, 0.3) is 101 Å². The molecule has 0 aliphatic carbocycles. The maximum atomic E-state index is 9.87. The van der Waals surface area contributed by atoms with Gasteiger partial charge in [0.15, 0.2) is 23.3 Å². The normalized spacial score (nSPS) is 10.9. The largest absolute Gasteiger partial charge is 0.228 e. The molecule has 10 rings (SSSR count). The number of nitrogens with zero attached hydrogens (tertiary/aromatic N) is 6. The Morgan fingerprint density at radius 2 is 0.613 bits per heavy atom. The fourth-order valence-electron chi connectivity index (χ4n) is 7.80. The van der Waals surface area contributed by atoms with E-state index in [0.717, 1.165) is 78.1 Å². The molecule has 0 atom stereocenters. The van der Waals surface area contributed by atoms with Crippen molar-refractivity contribution >= 4 is 0 Å². The summed E-state index contributed by atoms with van der Waals surface area (Å²) in [5.74, 6) is 2.31. The van der Waals surface area contributed by atoms with Crippen molar-refractivity contribution in [2.45, 2.75) is 0 Å². The molecule has 0 unspecified atom stereocenters. The van der Waals surface area contributed by atoms with Crippen molar-refractivity contribution in [1.29, 1.82) is 5.26 Å². The number of nitriles is 1. The first-order chi connectivity index (χ1) is 30.7. The quantitative estimate of drug-likeness (QED) is 0.145. The second-order valence-corrected chi connectivity index (χ2v) is 14.8. The van der Waals surface area contributed by atoms with E-state index < -0.39 is 0 Å². The minimum Gasteiger partial charge on any atom is -0.228 e. The fraction of sp³-hybridized carbons (Fsp3) is 0. The monoisotopic (exact) mass is 792 g/mol. The fourth-order valence-corrected chi connectivity index (χ4v) is 7.80. The number of benzene rings is 8. The summed E-state index contributed by atoms with van der Waals surface area (Å²) < 4.78 is 0. The Balaban J connectivity index is 1.09. The summed E-state index contributed by atoms with van der Waals surface area (Å²) in [4.78, 5) is 25.6. The van der Waals surface area contributed by atoms with E-state index in [1.807, 2.05) is 133 Å². The third-order valence-electron chi connectivity index (χ3n) is 10.8. The molecule has 0 saturated heterocycles. The summed E-state index contributed by atoms with van der Waals surface area (Å²) in [5.41, 5.74) is 13.7. The zero-order valence-corrected chi connectivity index (χ0v) is 33.5. The number of aromatic nitrogens is 5. The van der Waals surface area contributed by atoms with Crippen LogP contribution in [0.4, 0.5) is 0 Å². The Hall–Kier alpha value is -8.66. The molecular formula is C56H36N6. The highest BCUT2D eigenvalue weighted by Gasteiger charge is 2.19. The predicted molar refractivity (Wildman–Crippen MR) is 249 cm³/mol. The number of hydrogen-bond donors (Lipinski definition) is 0. The second kappa shape index (κ2) is 16.9. The molecule has 6 nitrogen and oxygen atoms in total. The van der Waals surface area contributed by atoms with Crippen molar-refractivity contribution in [2.75, 3.05) is 0 Å². The van der Waals surface area contributed by atoms with Crippen molar-refractivity contribution < 1.29 is 0 Å². The minimum absolute atomic E-state index is 0.537. The smallest absolute Gasteiger partial charge is 0.164 e. The van der Waals surface area contributed by atoms with Gasteiger partial charge in [0.2, 0.25) is 0 Å². The van der Waals surface area contributed by atoms with E-state index in [2.05, 4.69) is 91.0 Å². The molecule has 0 amide bonds. The van der Waals surface area contributed by atoms with Crippen LogP contribution >= 0.6 is 0 Å². The average molecular weight is 793 g/mol. The third-order valence-corrected chi connectivity index (χ3v) is 10.8. The van der Waals surface area contributed by atoms with E-state index in [1.54, 1.807) is 0 Å². The minimum atomic E-state index is 0.537. The third kappa shape index (κ3) is 7.66. The highest BCUT2D eigenvalue weighted by atomic mass is 15.0. The zero-order valence-electron chi connectivity index (χ0n) is 33.5. The summed E-state index contributed by atoms with van der Waals surface area (Å²) in [5, 5.41) is 9.87. The van der Waals surface area contributed by atoms with Gasteiger partial charge < -0.3 is 0 Å². The van der Waals surface area contributed by atoms with Crippen LogP contribution in [0.15, 0.2) is 218 Å². The lowest BCUT2D eigenvalue weighted by atomic mass is 9.93. The van der Waals surface area contributed by atoms with Gasteiger partial charge in [-0.1, -0.05) is 194 Å². The molecule has 0 aliphatic rings. The number of hydrogen-bond acceptors (Lipinski definition) is 6. The van der Waals surface area contributed by atoms with Crippen LogP contribution in [0.1, 0.15) is 5.56 Å².